The highest BCUT2D eigenvalue weighted by molar-refractivity contribution is 5.16. The maximum Gasteiger partial charge on any atom is 0.0999 e. The smallest absolute Gasteiger partial charge is 0.0999 e. The molecule has 0 aliphatic heterocycles. The fraction of sp³-hybridized carbons (Fsp3) is 0.750. The number of nitriles is 1. The summed E-state index contributed by atoms with van der Waals surface area (Å²) >= 11 is 0. The molecule has 0 atom stereocenters. The zero-order valence-electron chi connectivity index (χ0n) is 9.97. The second-order valence-corrected chi connectivity index (χ2v) is 4.62. The number of aromatic nitrogens is 3. The van der Waals surface area contributed by atoms with Gasteiger partial charge in [0.15, 0.2) is 0 Å². The first-order valence-corrected chi connectivity index (χ1v) is 6.24. The van der Waals surface area contributed by atoms with Crippen molar-refractivity contribution in [3.05, 3.63) is 11.4 Å². The van der Waals surface area contributed by atoms with Crippen molar-refractivity contribution in [1.82, 2.24) is 15.0 Å². The van der Waals surface area contributed by atoms with Crippen LogP contribution in [0.2, 0.25) is 0 Å². The molecule has 0 spiro atoms. The molecule has 2 rings (SSSR count). The van der Waals surface area contributed by atoms with E-state index in [0.29, 0.717) is 6.42 Å². The van der Waals surface area contributed by atoms with Gasteiger partial charge in [0, 0.05) is 13.2 Å². The first kappa shape index (κ1) is 12.1. The lowest BCUT2D eigenvalue weighted by atomic mass is 10.1. The van der Waals surface area contributed by atoms with Crippen LogP contribution < -0.4 is 0 Å². The second kappa shape index (κ2) is 5.78. The zero-order chi connectivity index (χ0) is 12.1. The maximum atomic E-state index is 8.77. The zero-order valence-corrected chi connectivity index (χ0v) is 9.97. The average Bonchev–Trinajstić information content (AvgIpc) is 3.06. The lowest BCUT2D eigenvalue weighted by molar-refractivity contribution is 0.279. The predicted molar refractivity (Wildman–Crippen MR) is 62.1 cm³/mol. The van der Waals surface area contributed by atoms with Gasteiger partial charge < -0.3 is 5.11 Å². The number of unbranched alkanes of at least 4 members (excludes halogenated alkanes) is 1. The summed E-state index contributed by atoms with van der Waals surface area (Å²) in [5.74, 6) is 0.766. The van der Waals surface area contributed by atoms with E-state index in [0.717, 1.165) is 43.1 Å². The van der Waals surface area contributed by atoms with E-state index in [1.54, 1.807) is 0 Å². The summed E-state index contributed by atoms with van der Waals surface area (Å²) in [6.45, 7) is 1.01. The van der Waals surface area contributed by atoms with Crippen LogP contribution in [0.4, 0.5) is 0 Å². The Balaban J connectivity index is 2.04. The van der Waals surface area contributed by atoms with Crippen LogP contribution in [0.3, 0.4) is 0 Å². The van der Waals surface area contributed by atoms with E-state index in [1.807, 2.05) is 4.68 Å². The van der Waals surface area contributed by atoms with Crippen molar-refractivity contribution in [2.45, 2.75) is 45.1 Å². The van der Waals surface area contributed by atoms with Gasteiger partial charge in [-0.15, -0.1) is 5.10 Å². The minimum atomic E-state index is 0.220. The minimum absolute atomic E-state index is 0.220. The summed E-state index contributed by atoms with van der Waals surface area (Å²) in [6, 6.07) is 2.14. The van der Waals surface area contributed by atoms with Crippen LogP contribution >= 0.6 is 0 Å². The van der Waals surface area contributed by atoms with E-state index in [-0.39, 0.29) is 6.61 Å². The number of rotatable bonds is 7. The predicted octanol–water partition coefficient (Wildman–Crippen LogP) is 1.07. The Kier molecular flexibility index (Phi) is 4.10. The van der Waals surface area contributed by atoms with Gasteiger partial charge >= 0.3 is 0 Å². The lowest BCUT2D eigenvalue weighted by Crippen LogP contribution is -2.08. The highest BCUT2D eigenvalue weighted by Gasteiger charge is 2.25. The van der Waals surface area contributed by atoms with Gasteiger partial charge in [-0.05, 0) is 38.0 Å². The van der Waals surface area contributed by atoms with Crippen LogP contribution in [0.15, 0.2) is 0 Å². The Morgan fingerprint density at radius 3 is 2.88 bits per heavy atom. The molecule has 17 heavy (non-hydrogen) atoms. The molecule has 1 aromatic rings. The fourth-order valence-electron chi connectivity index (χ4n) is 1.95. The number of nitrogens with zero attached hydrogens (tertiary/aromatic N) is 4. The summed E-state index contributed by atoms with van der Waals surface area (Å²) < 4.78 is 1.92. The fourth-order valence-corrected chi connectivity index (χ4v) is 1.95. The first-order valence-electron chi connectivity index (χ1n) is 6.24. The van der Waals surface area contributed by atoms with Gasteiger partial charge in [-0.2, -0.15) is 5.26 Å². The maximum absolute atomic E-state index is 8.77. The molecule has 0 aromatic carbocycles. The van der Waals surface area contributed by atoms with Crippen LogP contribution in [-0.4, -0.2) is 26.7 Å². The van der Waals surface area contributed by atoms with E-state index in [1.165, 1.54) is 12.8 Å². The van der Waals surface area contributed by atoms with Gasteiger partial charge in [0.25, 0.3) is 0 Å². The van der Waals surface area contributed by atoms with Gasteiger partial charge in [0.05, 0.1) is 23.9 Å². The molecule has 0 saturated heterocycles. The molecule has 0 amide bonds. The normalized spacial score (nSPS) is 14.8. The molecule has 0 radical (unpaired) electrons. The number of aliphatic hydroxyl groups is 1. The van der Waals surface area contributed by atoms with E-state index in [4.69, 9.17) is 10.4 Å². The number of hydrogen-bond acceptors (Lipinski definition) is 4. The lowest BCUT2D eigenvalue weighted by Gasteiger charge is -2.06. The molecule has 5 nitrogen and oxygen atoms in total. The third kappa shape index (κ3) is 3.27. The standard InChI is InChI=1S/C12H18N4O/c13-6-5-11-12(9-10-3-4-10)16(15-14-11)7-1-2-8-17/h10,17H,1-5,7-9H2. The highest BCUT2D eigenvalue weighted by Crippen LogP contribution is 2.33. The molecule has 1 aliphatic carbocycles. The Hall–Kier alpha value is -1.41. The van der Waals surface area contributed by atoms with Crippen molar-refractivity contribution >= 4 is 0 Å². The van der Waals surface area contributed by atoms with E-state index < -0.39 is 0 Å². The molecule has 1 heterocycles. The molecule has 1 aliphatic rings. The SMILES string of the molecule is N#CCc1nnn(CCCCO)c1CC1CC1. The van der Waals surface area contributed by atoms with Crippen molar-refractivity contribution in [2.24, 2.45) is 5.92 Å². The molecular weight excluding hydrogens is 216 g/mol. The molecule has 5 heteroatoms. The third-order valence-corrected chi connectivity index (χ3v) is 3.12. The largest absolute Gasteiger partial charge is 0.396 e. The van der Waals surface area contributed by atoms with Gasteiger partial charge in [0.2, 0.25) is 0 Å². The Morgan fingerprint density at radius 2 is 2.24 bits per heavy atom. The van der Waals surface area contributed by atoms with Crippen molar-refractivity contribution < 1.29 is 5.11 Å². The summed E-state index contributed by atoms with van der Waals surface area (Å²) in [7, 11) is 0. The van der Waals surface area contributed by atoms with Gasteiger partial charge in [-0.3, -0.25) is 0 Å². The summed E-state index contributed by atoms with van der Waals surface area (Å²) in [5.41, 5.74) is 1.97. The average molecular weight is 234 g/mol. The van der Waals surface area contributed by atoms with Crippen molar-refractivity contribution in [3.63, 3.8) is 0 Å². The molecule has 1 fully saturated rings. The monoisotopic (exact) mass is 234 g/mol. The summed E-state index contributed by atoms with van der Waals surface area (Å²) in [6.07, 6.45) is 5.62. The number of aliphatic hydroxyl groups excluding tert-OH is 1. The van der Waals surface area contributed by atoms with Crippen LogP contribution in [-0.2, 0) is 19.4 Å². The Labute approximate surface area is 101 Å². The number of aryl methyl sites for hydroxylation is 1. The number of hydrogen-bond donors (Lipinski definition) is 1. The van der Waals surface area contributed by atoms with Gasteiger partial charge in [-0.25, -0.2) is 4.68 Å². The van der Waals surface area contributed by atoms with Crippen molar-refractivity contribution in [3.8, 4) is 6.07 Å². The minimum Gasteiger partial charge on any atom is -0.396 e. The molecule has 1 aromatic heterocycles. The van der Waals surface area contributed by atoms with Gasteiger partial charge in [0.1, 0.15) is 0 Å². The first-order chi connectivity index (χ1) is 8.35. The van der Waals surface area contributed by atoms with Crippen LogP contribution in [0, 0.1) is 17.2 Å². The summed E-state index contributed by atoms with van der Waals surface area (Å²) in [4.78, 5) is 0. The van der Waals surface area contributed by atoms with Crippen LogP contribution in [0.25, 0.3) is 0 Å². The molecule has 1 saturated carbocycles. The van der Waals surface area contributed by atoms with Crippen molar-refractivity contribution in [1.29, 1.82) is 5.26 Å². The second-order valence-electron chi connectivity index (χ2n) is 4.62. The van der Waals surface area contributed by atoms with E-state index in [2.05, 4.69) is 16.4 Å². The molecule has 0 bridgehead atoms. The molecule has 0 unspecified atom stereocenters. The van der Waals surface area contributed by atoms with Crippen LogP contribution in [0.1, 0.15) is 37.1 Å². The summed E-state index contributed by atoms with van der Waals surface area (Å²) in [5, 5.41) is 25.7. The topological polar surface area (TPSA) is 74.7 Å². The Bertz CT molecular complexity index is 403. The Morgan fingerprint density at radius 1 is 1.41 bits per heavy atom. The van der Waals surface area contributed by atoms with Gasteiger partial charge in [-0.1, -0.05) is 5.21 Å². The van der Waals surface area contributed by atoms with Crippen molar-refractivity contribution in [2.75, 3.05) is 6.61 Å². The van der Waals surface area contributed by atoms with E-state index >= 15 is 0 Å². The third-order valence-electron chi connectivity index (χ3n) is 3.12. The van der Waals surface area contributed by atoms with Crippen LogP contribution in [0.5, 0.6) is 0 Å². The van der Waals surface area contributed by atoms with E-state index in [9.17, 15) is 0 Å². The highest BCUT2D eigenvalue weighted by atomic mass is 16.2. The molecule has 92 valence electrons. The molecular formula is C12H18N4O. The quantitative estimate of drug-likeness (QED) is 0.716. The molecule has 1 N–H and O–H groups in total.